The Morgan fingerprint density at radius 1 is 1.27 bits per heavy atom. The first-order chi connectivity index (χ1) is 6.75. The molecular formula is C7H4F6N2. The number of alkyl halides is 5. The first-order valence-corrected chi connectivity index (χ1v) is 3.54. The van der Waals surface area contributed by atoms with Gasteiger partial charge in [0.2, 0.25) is 5.95 Å². The van der Waals surface area contributed by atoms with Gasteiger partial charge in [-0.05, 0) is 0 Å². The minimum Gasteiger partial charge on any atom is -0.397 e. The van der Waals surface area contributed by atoms with Crippen LogP contribution >= 0.6 is 0 Å². The topological polar surface area (TPSA) is 38.9 Å². The molecular weight excluding hydrogens is 226 g/mol. The van der Waals surface area contributed by atoms with E-state index in [2.05, 4.69) is 4.98 Å². The van der Waals surface area contributed by atoms with Crippen molar-refractivity contribution in [3.63, 3.8) is 0 Å². The molecule has 0 atom stereocenters. The Balaban J connectivity index is 3.53. The van der Waals surface area contributed by atoms with Gasteiger partial charge < -0.3 is 5.73 Å². The Morgan fingerprint density at radius 2 is 1.80 bits per heavy atom. The lowest BCUT2D eigenvalue weighted by Crippen LogP contribution is -2.15. The van der Waals surface area contributed by atoms with Gasteiger partial charge in [0.15, 0.2) is 0 Å². The second kappa shape index (κ2) is 3.59. The van der Waals surface area contributed by atoms with E-state index in [1.165, 1.54) is 0 Å². The molecule has 0 aliphatic heterocycles. The van der Waals surface area contributed by atoms with Gasteiger partial charge in [0.1, 0.15) is 5.56 Å². The number of nitrogens with zero attached hydrogens (tertiary/aromatic N) is 1. The maximum Gasteiger partial charge on any atom is 0.421 e. The molecule has 0 aliphatic carbocycles. The standard InChI is InChI=1S/C7H4F6N2/c8-5(9)3-2(14)1-15-6(10)4(3)7(11,12)13/h1,5H,14H2. The predicted octanol–water partition coefficient (Wildman–Crippen LogP) is 2.76. The van der Waals surface area contributed by atoms with Gasteiger partial charge in [-0.15, -0.1) is 0 Å². The van der Waals surface area contributed by atoms with E-state index >= 15 is 0 Å². The lowest BCUT2D eigenvalue weighted by Gasteiger charge is -2.14. The zero-order valence-corrected chi connectivity index (χ0v) is 6.95. The third kappa shape index (κ3) is 2.13. The largest absolute Gasteiger partial charge is 0.421 e. The summed E-state index contributed by atoms with van der Waals surface area (Å²) in [6.07, 6.45) is -8.34. The van der Waals surface area contributed by atoms with E-state index in [4.69, 9.17) is 5.73 Å². The highest BCUT2D eigenvalue weighted by atomic mass is 19.4. The van der Waals surface area contributed by atoms with Crippen molar-refractivity contribution in [3.05, 3.63) is 23.3 Å². The van der Waals surface area contributed by atoms with Crippen LogP contribution in [-0.4, -0.2) is 4.98 Å². The summed E-state index contributed by atoms with van der Waals surface area (Å²) in [5.41, 5.74) is 0.301. The first-order valence-electron chi connectivity index (χ1n) is 3.54. The van der Waals surface area contributed by atoms with Gasteiger partial charge in [-0.2, -0.15) is 17.6 Å². The molecule has 0 amide bonds. The van der Waals surface area contributed by atoms with Crippen LogP contribution in [0.2, 0.25) is 0 Å². The summed E-state index contributed by atoms with van der Waals surface area (Å²) in [7, 11) is 0. The van der Waals surface area contributed by atoms with Gasteiger partial charge in [-0.25, -0.2) is 13.8 Å². The fraction of sp³-hybridized carbons (Fsp3) is 0.286. The smallest absolute Gasteiger partial charge is 0.397 e. The van der Waals surface area contributed by atoms with Crippen molar-refractivity contribution >= 4 is 5.69 Å². The molecule has 1 rings (SSSR count). The monoisotopic (exact) mass is 230 g/mol. The van der Waals surface area contributed by atoms with Crippen LogP contribution < -0.4 is 5.73 Å². The zero-order chi connectivity index (χ0) is 11.8. The van der Waals surface area contributed by atoms with E-state index in [1.807, 2.05) is 0 Å². The van der Waals surface area contributed by atoms with E-state index in [0.717, 1.165) is 0 Å². The summed E-state index contributed by atoms with van der Waals surface area (Å²) in [4.78, 5) is 2.64. The summed E-state index contributed by atoms with van der Waals surface area (Å²) in [5.74, 6) is -2.01. The molecule has 0 saturated heterocycles. The van der Waals surface area contributed by atoms with Crippen molar-refractivity contribution in [2.24, 2.45) is 0 Å². The lowest BCUT2D eigenvalue weighted by atomic mass is 10.1. The van der Waals surface area contributed by atoms with Gasteiger partial charge in [0.25, 0.3) is 6.43 Å². The second-order valence-electron chi connectivity index (χ2n) is 2.59. The van der Waals surface area contributed by atoms with Gasteiger partial charge in [-0.1, -0.05) is 0 Å². The van der Waals surface area contributed by atoms with Crippen molar-refractivity contribution in [3.8, 4) is 0 Å². The van der Waals surface area contributed by atoms with E-state index in [-0.39, 0.29) is 0 Å². The number of aromatic nitrogens is 1. The maximum atomic E-state index is 12.7. The fourth-order valence-electron chi connectivity index (χ4n) is 1.02. The molecule has 0 aliphatic rings. The number of rotatable bonds is 1. The SMILES string of the molecule is Nc1cnc(F)c(C(F)(F)F)c1C(F)F. The number of hydrogen-bond donors (Lipinski definition) is 1. The number of pyridine rings is 1. The number of nitrogens with two attached hydrogens (primary N) is 1. The van der Waals surface area contributed by atoms with Crippen molar-refractivity contribution in [2.45, 2.75) is 12.6 Å². The Kier molecular flexibility index (Phi) is 2.78. The maximum absolute atomic E-state index is 12.7. The van der Waals surface area contributed by atoms with Crippen LogP contribution in [0.1, 0.15) is 17.6 Å². The van der Waals surface area contributed by atoms with E-state index < -0.39 is 35.4 Å². The minimum absolute atomic E-state index is 0.423. The molecule has 1 heterocycles. The highest BCUT2D eigenvalue weighted by Gasteiger charge is 2.41. The zero-order valence-electron chi connectivity index (χ0n) is 6.95. The average Bonchev–Trinajstić information content (AvgIpc) is 2.05. The molecule has 0 aromatic carbocycles. The van der Waals surface area contributed by atoms with Crippen LogP contribution in [0.4, 0.5) is 32.0 Å². The van der Waals surface area contributed by atoms with Crippen molar-refractivity contribution in [1.82, 2.24) is 4.98 Å². The molecule has 2 N–H and O–H groups in total. The van der Waals surface area contributed by atoms with E-state index in [9.17, 15) is 26.3 Å². The van der Waals surface area contributed by atoms with Crippen molar-refractivity contribution in [1.29, 1.82) is 0 Å². The van der Waals surface area contributed by atoms with Gasteiger partial charge >= 0.3 is 6.18 Å². The Labute approximate surface area is 79.7 Å². The molecule has 0 unspecified atom stereocenters. The number of nitrogen functional groups attached to an aromatic ring is 1. The number of halogens is 6. The second-order valence-corrected chi connectivity index (χ2v) is 2.59. The molecule has 8 heteroatoms. The van der Waals surface area contributed by atoms with Crippen LogP contribution in [0.25, 0.3) is 0 Å². The Morgan fingerprint density at radius 3 is 2.13 bits per heavy atom. The van der Waals surface area contributed by atoms with E-state index in [1.54, 1.807) is 0 Å². The normalized spacial score (nSPS) is 12.2. The van der Waals surface area contributed by atoms with E-state index in [0.29, 0.717) is 6.20 Å². The Hall–Kier alpha value is -1.47. The summed E-state index contributed by atoms with van der Waals surface area (Å²) >= 11 is 0. The third-order valence-corrected chi connectivity index (χ3v) is 1.61. The number of hydrogen-bond acceptors (Lipinski definition) is 2. The Bertz CT molecular complexity index is 372. The molecule has 2 nitrogen and oxygen atoms in total. The van der Waals surface area contributed by atoms with Gasteiger partial charge in [0, 0.05) is 0 Å². The predicted molar refractivity (Wildman–Crippen MR) is 38.6 cm³/mol. The minimum atomic E-state index is -5.25. The highest BCUT2D eigenvalue weighted by molar-refractivity contribution is 5.50. The number of anilines is 1. The molecule has 0 saturated carbocycles. The van der Waals surface area contributed by atoms with Crippen LogP contribution in [0.15, 0.2) is 6.20 Å². The molecule has 84 valence electrons. The van der Waals surface area contributed by atoms with Crippen LogP contribution in [-0.2, 0) is 6.18 Å². The molecule has 0 spiro atoms. The van der Waals surface area contributed by atoms with Gasteiger partial charge in [0.05, 0.1) is 17.4 Å². The fourth-order valence-corrected chi connectivity index (χ4v) is 1.02. The third-order valence-electron chi connectivity index (χ3n) is 1.61. The molecule has 0 bridgehead atoms. The lowest BCUT2D eigenvalue weighted by molar-refractivity contribution is -0.142. The summed E-state index contributed by atoms with van der Waals surface area (Å²) < 4.78 is 73.7. The molecule has 0 radical (unpaired) electrons. The first kappa shape index (κ1) is 11.6. The molecule has 15 heavy (non-hydrogen) atoms. The van der Waals surface area contributed by atoms with Crippen molar-refractivity contribution < 1.29 is 26.3 Å². The quantitative estimate of drug-likeness (QED) is 0.595. The van der Waals surface area contributed by atoms with Crippen LogP contribution in [0.5, 0.6) is 0 Å². The summed E-state index contributed by atoms with van der Waals surface area (Å²) in [6.45, 7) is 0. The summed E-state index contributed by atoms with van der Waals surface area (Å²) in [5, 5.41) is 0. The highest BCUT2D eigenvalue weighted by Crippen LogP contribution is 2.39. The molecule has 0 fully saturated rings. The van der Waals surface area contributed by atoms with Crippen molar-refractivity contribution in [2.75, 3.05) is 5.73 Å². The molecule has 1 aromatic rings. The van der Waals surface area contributed by atoms with Crippen LogP contribution in [0.3, 0.4) is 0 Å². The van der Waals surface area contributed by atoms with Crippen LogP contribution in [0, 0.1) is 5.95 Å². The summed E-state index contributed by atoms with van der Waals surface area (Å²) in [6, 6.07) is 0. The van der Waals surface area contributed by atoms with Gasteiger partial charge in [-0.3, -0.25) is 0 Å². The average molecular weight is 230 g/mol. The molecule has 1 aromatic heterocycles.